The third kappa shape index (κ3) is 4.30. The number of benzene rings is 4. The molecule has 0 saturated heterocycles. The van der Waals surface area contributed by atoms with Crippen LogP contribution >= 0.6 is 0 Å². The van der Waals surface area contributed by atoms with Crippen molar-refractivity contribution in [2.24, 2.45) is 0 Å². The van der Waals surface area contributed by atoms with Gasteiger partial charge < -0.3 is 14.6 Å². The molecule has 4 nitrogen and oxygen atoms in total. The van der Waals surface area contributed by atoms with Crippen molar-refractivity contribution in [3.63, 3.8) is 0 Å². The average molecular weight is 447 g/mol. The molecular weight excluding hydrogens is 420 g/mol. The summed E-state index contributed by atoms with van der Waals surface area (Å²) in [7, 11) is 1.66. The summed E-state index contributed by atoms with van der Waals surface area (Å²) in [6.45, 7) is 0.743. The predicted octanol–water partition coefficient (Wildman–Crippen LogP) is 6.22. The molecule has 1 atom stereocenters. The lowest BCUT2D eigenvalue weighted by Crippen LogP contribution is -2.29. The standard InChI is InChI=1S/C30H26N2O2/c1-34-28-19-11-9-17-25(28)29(31-30(33)23-14-6-3-7-15-23)26-21-32(20-22-12-4-2-5-13-22)27-18-10-8-16-24(26)27/h2-19,21,29H,20H2,1H3,(H,31,33)/t29-/m1/s1. The number of carbonyl (C=O) groups excluding carboxylic acids is 1. The zero-order chi connectivity index (χ0) is 23.3. The lowest BCUT2D eigenvalue weighted by Gasteiger charge is -2.21. The molecule has 0 radical (unpaired) electrons. The Balaban J connectivity index is 1.64. The SMILES string of the molecule is COc1ccccc1[C@@H](NC(=O)c1ccccc1)c1cn(Cc2ccccc2)c2ccccc12. The first-order chi connectivity index (χ1) is 16.7. The van der Waals surface area contributed by atoms with E-state index in [-0.39, 0.29) is 11.9 Å². The Morgan fingerprint density at radius 2 is 1.44 bits per heavy atom. The third-order valence-electron chi connectivity index (χ3n) is 6.09. The molecule has 0 unspecified atom stereocenters. The number of aromatic nitrogens is 1. The van der Waals surface area contributed by atoms with Crippen LogP contribution in [-0.4, -0.2) is 17.6 Å². The monoisotopic (exact) mass is 446 g/mol. The van der Waals surface area contributed by atoms with Crippen LogP contribution in [-0.2, 0) is 6.54 Å². The number of nitrogens with zero attached hydrogens (tertiary/aromatic N) is 1. The molecule has 1 amide bonds. The van der Waals surface area contributed by atoms with Gasteiger partial charge in [0, 0.05) is 40.3 Å². The molecule has 4 aromatic carbocycles. The molecule has 0 saturated carbocycles. The highest BCUT2D eigenvalue weighted by molar-refractivity contribution is 5.95. The van der Waals surface area contributed by atoms with Gasteiger partial charge in [-0.2, -0.15) is 0 Å². The van der Waals surface area contributed by atoms with Crippen LogP contribution in [0.1, 0.15) is 33.1 Å². The minimum Gasteiger partial charge on any atom is -0.496 e. The number of hydrogen-bond donors (Lipinski definition) is 1. The summed E-state index contributed by atoms with van der Waals surface area (Å²) < 4.78 is 7.94. The Morgan fingerprint density at radius 3 is 2.21 bits per heavy atom. The highest BCUT2D eigenvalue weighted by atomic mass is 16.5. The topological polar surface area (TPSA) is 43.3 Å². The molecule has 0 aliphatic carbocycles. The fourth-order valence-electron chi connectivity index (χ4n) is 4.45. The summed E-state index contributed by atoms with van der Waals surface area (Å²) >= 11 is 0. The van der Waals surface area contributed by atoms with Crippen LogP contribution in [0.3, 0.4) is 0 Å². The van der Waals surface area contributed by atoms with E-state index in [9.17, 15) is 4.79 Å². The van der Waals surface area contributed by atoms with Crippen LogP contribution in [0.15, 0.2) is 115 Å². The zero-order valence-corrected chi connectivity index (χ0v) is 19.0. The van der Waals surface area contributed by atoms with E-state index in [1.165, 1.54) is 5.56 Å². The molecule has 0 aliphatic heterocycles. The van der Waals surface area contributed by atoms with Crippen LogP contribution in [0, 0.1) is 0 Å². The maximum atomic E-state index is 13.3. The lowest BCUT2D eigenvalue weighted by atomic mass is 9.96. The second-order valence-electron chi connectivity index (χ2n) is 8.23. The molecule has 4 heteroatoms. The van der Waals surface area contributed by atoms with E-state index in [1.54, 1.807) is 7.11 Å². The number of methoxy groups -OCH3 is 1. The first-order valence-electron chi connectivity index (χ1n) is 11.3. The average Bonchev–Trinajstić information content (AvgIpc) is 3.26. The molecule has 0 aliphatic rings. The molecule has 0 spiro atoms. The predicted molar refractivity (Wildman–Crippen MR) is 136 cm³/mol. The number of carbonyl (C=O) groups is 1. The van der Waals surface area contributed by atoms with Crippen molar-refractivity contribution in [2.75, 3.05) is 7.11 Å². The van der Waals surface area contributed by atoms with E-state index in [0.29, 0.717) is 5.56 Å². The van der Waals surface area contributed by atoms with Gasteiger partial charge in [-0.1, -0.05) is 84.9 Å². The molecule has 1 heterocycles. The van der Waals surface area contributed by atoms with E-state index in [1.807, 2.05) is 72.8 Å². The van der Waals surface area contributed by atoms with Gasteiger partial charge in [0.15, 0.2) is 0 Å². The summed E-state index contributed by atoms with van der Waals surface area (Å²) in [6.07, 6.45) is 2.15. The number of fused-ring (bicyclic) bond motifs is 1. The summed E-state index contributed by atoms with van der Waals surface area (Å²) in [5.74, 6) is 0.608. The number of rotatable bonds is 7. The molecule has 1 aromatic heterocycles. The molecule has 5 rings (SSSR count). The second-order valence-corrected chi connectivity index (χ2v) is 8.23. The van der Waals surface area contributed by atoms with Crippen molar-refractivity contribution in [1.29, 1.82) is 0 Å². The van der Waals surface area contributed by atoms with Gasteiger partial charge in [-0.25, -0.2) is 0 Å². The largest absolute Gasteiger partial charge is 0.496 e. The van der Waals surface area contributed by atoms with Crippen molar-refractivity contribution >= 4 is 16.8 Å². The lowest BCUT2D eigenvalue weighted by molar-refractivity contribution is 0.0943. The highest BCUT2D eigenvalue weighted by Gasteiger charge is 2.25. The normalized spacial score (nSPS) is 11.8. The molecule has 168 valence electrons. The Kier molecular flexibility index (Phi) is 6.13. The van der Waals surface area contributed by atoms with E-state index >= 15 is 0 Å². The third-order valence-corrected chi connectivity index (χ3v) is 6.09. The number of para-hydroxylation sites is 2. The summed E-state index contributed by atoms with van der Waals surface area (Å²) in [6, 6.07) is 35.5. The number of nitrogens with one attached hydrogen (secondary N) is 1. The van der Waals surface area contributed by atoms with Gasteiger partial charge in [-0.3, -0.25) is 4.79 Å². The number of amides is 1. The summed E-state index contributed by atoms with van der Waals surface area (Å²) in [5.41, 5.74) is 4.90. The van der Waals surface area contributed by atoms with Crippen LogP contribution in [0.5, 0.6) is 5.75 Å². The van der Waals surface area contributed by atoms with Crippen LogP contribution < -0.4 is 10.1 Å². The van der Waals surface area contributed by atoms with Crippen LogP contribution in [0.25, 0.3) is 10.9 Å². The van der Waals surface area contributed by atoms with Gasteiger partial charge in [0.1, 0.15) is 5.75 Å². The van der Waals surface area contributed by atoms with Gasteiger partial charge in [-0.05, 0) is 29.8 Å². The molecular formula is C30H26N2O2. The van der Waals surface area contributed by atoms with Gasteiger partial charge in [0.2, 0.25) is 0 Å². The number of hydrogen-bond acceptors (Lipinski definition) is 2. The van der Waals surface area contributed by atoms with Crippen molar-refractivity contribution in [3.8, 4) is 5.75 Å². The molecule has 0 fully saturated rings. The quantitative estimate of drug-likeness (QED) is 0.323. The van der Waals surface area contributed by atoms with E-state index in [4.69, 9.17) is 4.74 Å². The van der Waals surface area contributed by atoms with Crippen molar-refractivity contribution in [2.45, 2.75) is 12.6 Å². The van der Waals surface area contributed by atoms with Crippen molar-refractivity contribution in [1.82, 2.24) is 9.88 Å². The Bertz CT molecular complexity index is 1410. The molecule has 0 bridgehead atoms. The highest BCUT2D eigenvalue weighted by Crippen LogP contribution is 2.35. The van der Waals surface area contributed by atoms with E-state index < -0.39 is 0 Å². The van der Waals surface area contributed by atoms with Gasteiger partial charge in [-0.15, -0.1) is 0 Å². The Labute approximate surface area is 199 Å². The van der Waals surface area contributed by atoms with Crippen LogP contribution in [0.4, 0.5) is 0 Å². The minimum absolute atomic E-state index is 0.128. The fourth-order valence-corrected chi connectivity index (χ4v) is 4.45. The first-order valence-corrected chi connectivity index (χ1v) is 11.3. The van der Waals surface area contributed by atoms with Gasteiger partial charge >= 0.3 is 0 Å². The molecule has 34 heavy (non-hydrogen) atoms. The fraction of sp³-hybridized carbons (Fsp3) is 0.100. The summed E-state index contributed by atoms with van der Waals surface area (Å²) in [5, 5.41) is 4.38. The Hall–Kier alpha value is -4.31. The van der Waals surface area contributed by atoms with Crippen molar-refractivity contribution < 1.29 is 9.53 Å². The summed E-state index contributed by atoms with van der Waals surface area (Å²) in [4.78, 5) is 13.3. The van der Waals surface area contributed by atoms with Gasteiger partial charge in [0.05, 0.1) is 13.2 Å². The zero-order valence-electron chi connectivity index (χ0n) is 19.0. The molecule has 1 N–H and O–H groups in total. The van der Waals surface area contributed by atoms with Crippen molar-refractivity contribution in [3.05, 3.63) is 138 Å². The maximum absolute atomic E-state index is 13.3. The first kappa shape index (κ1) is 21.5. The van der Waals surface area contributed by atoms with E-state index in [2.05, 4.69) is 52.5 Å². The number of ether oxygens (including phenoxy) is 1. The smallest absolute Gasteiger partial charge is 0.252 e. The molecule has 5 aromatic rings. The van der Waals surface area contributed by atoms with Gasteiger partial charge in [0.25, 0.3) is 5.91 Å². The van der Waals surface area contributed by atoms with Crippen LogP contribution in [0.2, 0.25) is 0 Å². The maximum Gasteiger partial charge on any atom is 0.252 e. The second kappa shape index (κ2) is 9.67. The minimum atomic E-state index is -0.384. The van der Waals surface area contributed by atoms with E-state index in [0.717, 1.165) is 34.3 Å². The Morgan fingerprint density at radius 1 is 0.794 bits per heavy atom.